The van der Waals surface area contributed by atoms with Crippen LogP contribution < -0.4 is 4.74 Å². The van der Waals surface area contributed by atoms with Gasteiger partial charge in [0.1, 0.15) is 11.6 Å². The third-order valence-electron chi connectivity index (χ3n) is 3.56. The van der Waals surface area contributed by atoms with E-state index < -0.39 is 6.36 Å². The topological polar surface area (TPSA) is 37.2 Å². The molecule has 0 unspecified atom stereocenters. The van der Waals surface area contributed by atoms with Crippen molar-refractivity contribution in [3.8, 4) is 5.75 Å². The SMILES string of the molecule is CCCN(CCC)/C(C)=N/C1=Nc2ccc(OC(F)(F)F)cc2CS1. The lowest BCUT2D eigenvalue weighted by atomic mass is 10.2. The zero-order valence-corrected chi connectivity index (χ0v) is 15.4. The highest BCUT2D eigenvalue weighted by Gasteiger charge is 2.31. The van der Waals surface area contributed by atoms with Crippen LogP contribution in [-0.4, -0.2) is 35.4 Å². The van der Waals surface area contributed by atoms with Crippen molar-refractivity contribution in [2.24, 2.45) is 9.98 Å². The Balaban J connectivity index is 2.17. The van der Waals surface area contributed by atoms with Crippen LogP contribution in [0.2, 0.25) is 0 Å². The molecule has 4 nitrogen and oxygen atoms in total. The van der Waals surface area contributed by atoms with Crippen LogP contribution in [0.15, 0.2) is 28.2 Å². The van der Waals surface area contributed by atoms with Crippen molar-refractivity contribution in [2.75, 3.05) is 13.1 Å². The van der Waals surface area contributed by atoms with Crippen LogP contribution >= 0.6 is 11.8 Å². The molecule has 0 atom stereocenters. The van der Waals surface area contributed by atoms with Gasteiger partial charge in [-0.15, -0.1) is 13.2 Å². The zero-order chi connectivity index (χ0) is 18.4. The molecule has 0 fully saturated rings. The van der Waals surface area contributed by atoms with Crippen molar-refractivity contribution in [2.45, 2.75) is 45.7 Å². The number of amidine groups is 2. The molecule has 25 heavy (non-hydrogen) atoms. The lowest BCUT2D eigenvalue weighted by Crippen LogP contribution is -2.31. The van der Waals surface area contributed by atoms with Gasteiger partial charge in [0.25, 0.3) is 0 Å². The van der Waals surface area contributed by atoms with E-state index in [2.05, 4.69) is 33.5 Å². The smallest absolute Gasteiger partial charge is 0.406 e. The predicted molar refractivity (Wildman–Crippen MR) is 96.8 cm³/mol. The maximum Gasteiger partial charge on any atom is 0.573 e. The van der Waals surface area contributed by atoms with E-state index in [1.54, 1.807) is 0 Å². The molecule has 138 valence electrons. The van der Waals surface area contributed by atoms with Gasteiger partial charge in [0, 0.05) is 18.8 Å². The lowest BCUT2D eigenvalue weighted by molar-refractivity contribution is -0.274. The molecule has 0 spiro atoms. The summed E-state index contributed by atoms with van der Waals surface area (Å²) >= 11 is 1.41. The van der Waals surface area contributed by atoms with Crippen molar-refractivity contribution in [3.05, 3.63) is 23.8 Å². The molecule has 1 heterocycles. The molecule has 0 N–H and O–H groups in total. The van der Waals surface area contributed by atoms with Gasteiger partial charge in [-0.2, -0.15) is 0 Å². The van der Waals surface area contributed by atoms with Gasteiger partial charge in [-0.05, 0) is 43.5 Å². The van der Waals surface area contributed by atoms with E-state index in [-0.39, 0.29) is 5.75 Å². The minimum Gasteiger partial charge on any atom is -0.406 e. The van der Waals surface area contributed by atoms with E-state index >= 15 is 0 Å². The Morgan fingerprint density at radius 1 is 1.28 bits per heavy atom. The molecule has 0 saturated carbocycles. The molecule has 0 aliphatic carbocycles. The number of rotatable bonds is 5. The number of ether oxygens (including phenoxy) is 1. The van der Waals surface area contributed by atoms with Crippen LogP contribution in [0.1, 0.15) is 39.2 Å². The summed E-state index contributed by atoms with van der Waals surface area (Å²) in [6.07, 6.45) is -2.61. The lowest BCUT2D eigenvalue weighted by Gasteiger charge is -2.23. The van der Waals surface area contributed by atoms with E-state index in [4.69, 9.17) is 0 Å². The molecule has 8 heteroatoms. The van der Waals surface area contributed by atoms with Crippen LogP contribution in [-0.2, 0) is 5.75 Å². The van der Waals surface area contributed by atoms with Crippen molar-refractivity contribution in [3.63, 3.8) is 0 Å². The Kier molecular flexibility index (Phi) is 6.75. The number of fused-ring (bicyclic) bond motifs is 1. The summed E-state index contributed by atoms with van der Waals surface area (Å²) in [6, 6.07) is 4.20. The zero-order valence-electron chi connectivity index (χ0n) is 14.6. The fraction of sp³-hybridized carbons (Fsp3) is 0.529. The summed E-state index contributed by atoms with van der Waals surface area (Å²) in [4.78, 5) is 11.3. The molecule has 1 aromatic rings. The average Bonchev–Trinajstić information content (AvgIpc) is 2.53. The molecular weight excluding hydrogens is 351 g/mol. The monoisotopic (exact) mass is 373 g/mol. The number of aliphatic imine (C=N–C) groups is 2. The normalized spacial score (nSPS) is 14.8. The Hall–Kier alpha value is -1.70. The predicted octanol–water partition coefficient (Wildman–Crippen LogP) is 5.36. The van der Waals surface area contributed by atoms with Crippen LogP contribution in [0.5, 0.6) is 5.75 Å². The van der Waals surface area contributed by atoms with E-state index in [1.807, 2.05) is 6.92 Å². The molecule has 0 aromatic heterocycles. The minimum absolute atomic E-state index is 0.220. The standard InChI is InChI=1S/C17H22F3N3OS/c1-4-8-23(9-5-2)12(3)21-16-22-15-7-6-14(24-17(18,19)20)10-13(15)11-25-16/h6-7,10H,4-5,8-9,11H2,1-3H3/b21-12+. The molecular formula is C17H22F3N3OS. The molecule has 0 saturated heterocycles. The van der Waals surface area contributed by atoms with Crippen molar-refractivity contribution >= 4 is 28.5 Å². The number of thioether (sulfide) groups is 1. The first-order valence-electron chi connectivity index (χ1n) is 8.22. The molecule has 1 aliphatic rings. The molecule has 0 amide bonds. The van der Waals surface area contributed by atoms with Crippen LogP contribution in [0, 0.1) is 0 Å². The highest BCUT2D eigenvalue weighted by Crippen LogP contribution is 2.35. The molecule has 1 aliphatic heterocycles. The van der Waals surface area contributed by atoms with Crippen LogP contribution in [0.25, 0.3) is 0 Å². The van der Waals surface area contributed by atoms with Gasteiger partial charge in [-0.1, -0.05) is 25.6 Å². The van der Waals surface area contributed by atoms with Crippen LogP contribution in [0.4, 0.5) is 18.9 Å². The van der Waals surface area contributed by atoms with Gasteiger partial charge in [0.15, 0.2) is 5.17 Å². The minimum atomic E-state index is -4.69. The van der Waals surface area contributed by atoms with E-state index in [9.17, 15) is 13.2 Å². The average molecular weight is 373 g/mol. The second kappa shape index (κ2) is 8.60. The Morgan fingerprint density at radius 3 is 2.56 bits per heavy atom. The van der Waals surface area contributed by atoms with Gasteiger partial charge < -0.3 is 9.64 Å². The van der Waals surface area contributed by atoms with E-state index in [0.717, 1.165) is 31.8 Å². The van der Waals surface area contributed by atoms with Crippen molar-refractivity contribution in [1.29, 1.82) is 0 Å². The van der Waals surface area contributed by atoms with E-state index in [0.29, 0.717) is 22.2 Å². The van der Waals surface area contributed by atoms with Gasteiger partial charge >= 0.3 is 6.36 Å². The number of alkyl halides is 3. The molecule has 0 bridgehead atoms. The van der Waals surface area contributed by atoms with Gasteiger partial charge in [-0.25, -0.2) is 9.98 Å². The summed E-state index contributed by atoms with van der Waals surface area (Å²) in [7, 11) is 0. The largest absolute Gasteiger partial charge is 0.573 e. The summed E-state index contributed by atoms with van der Waals surface area (Å²) in [5.41, 5.74) is 1.35. The van der Waals surface area contributed by atoms with E-state index in [1.165, 1.54) is 30.0 Å². The summed E-state index contributed by atoms with van der Waals surface area (Å²) in [6.45, 7) is 8.09. The third kappa shape index (κ3) is 5.95. The molecule has 0 radical (unpaired) electrons. The number of hydrogen-bond acceptors (Lipinski definition) is 4. The van der Waals surface area contributed by atoms with Crippen LogP contribution in [0.3, 0.4) is 0 Å². The van der Waals surface area contributed by atoms with Gasteiger partial charge in [0.2, 0.25) is 0 Å². The quantitative estimate of drug-likeness (QED) is 0.515. The maximum atomic E-state index is 12.3. The summed E-state index contributed by atoms with van der Waals surface area (Å²) in [5, 5.41) is 0.631. The molecule has 1 aromatic carbocycles. The Labute approximate surface area is 150 Å². The van der Waals surface area contributed by atoms with Gasteiger partial charge in [0.05, 0.1) is 5.69 Å². The first-order chi connectivity index (χ1) is 11.8. The number of benzene rings is 1. The maximum absolute atomic E-state index is 12.3. The third-order valence-corrected chi connectivity index (χ3v) is 4.46. The summed E-state index contributed by atoms with van der Waals surface area (Å²) < 4.78 is 40.9. The second-order valence-electron chi connectivity index (χ2n) is 5.67. The number of hydrogen-bond donors (Lipinski definition) is 0. The fourth-order valence-corrected chi connectivity index (χ4v) is 3.38. The fourth-order valence-electron chi connectivity index (χ4n) is 2.50. The van der Waals surface area contributed by atoms with Crippen molar-refractivity contribution < 1.29 is 17.9 Å². The highest BCUT2D eigenvalue weighted by molar-refractivity contribution is 8.13. The van der Waals surface area contributed by atoms with Gasteiger partial charge in [-0.3, -0.25) is 0 Å². The summed E-state index contributed by atoms with van der Waals surface area (Å²) in [5.74, 6) is 1.21. The highest BCUT2D eigenvalue weighted by atomic mass is 32.2. The first kappa shape index (κ1) is 19.6. The van der Waals surface area contributed by atoms with Crippen molar-refractivity contribution in [1.82, 2.24) is 4.90 Å². The number of halogens is 3. The first-order valence-corrected chi connectivity index (χ1v) is 9.21. The second-order valence-corrected chi connectivity index (χ2v) is 6.61. The Bertz CT molecular complexity index is 653. The molecule has 2 rings (SSSR count). The Morgan fingerprint density at radius 2 is 1.96 bits per heavy atom. The number of nitrogens with zero attached hydrogens (tertiary/aromatic N) is 3.